The van der Waals surface area contributed by atoms with Crippen LogP contribution in [0.25, 0.3) is 0 Å². The third kappa shape index (κ3) is 2.62. The largest absolute Gasteiger partial charge is 0.490 e. The summed E-state index contributed by atoms with van der Waals surface area (Å²) in [6.45, 7) is 0. The summed E-state index contributed by atoms with van der Waals surface area (Å²) in [5.41, 5.74) is 0. The topological polar surface area (TPSA) is 72.8 Å². The molecule has 2 aromatic rings. The Morgan fingerprint density at radius 3 is 2.59 bits per heavy atom. The summed E-state index contributed by atoms with van der Waals surface area (Å²) in [4.78, 5) is 16.5. The second kappa shape index (κ2) is 5.44. The molecule has 0 unspecified atom stereocenters. The van der Waals surface area contributed by atoms with Crippen molar-refractivity contribution in [3.63, 3.8) is 0 Å². The number of hydrogen-bond acceptors (Lipinski definition) is 7. The van der Waals surface area contributed by atoms with E-state index in [0.29, 0.717) is 21.7 Å². The number of anilines is 1. The Labute approximate surface area is 103 Å². The third-order valence-electron chi connectivity index (χ3n) is 1.94. The average Bonchev–Trinajstić information content (AvgIpc) is 2.39. The summed E-state index contributed by atoms with van der Waals surface area (Å²) in [6, 6.07) is 1.76. The fraction of sp³-hybridized carbons (Fsp3) is 0.200. The van der Waals surface area contributed by atoms with Gasteiger partial charge in [0.05, 0.1) is 7.11 Å². The van der Waals surface area contributed by atoms with E-state index in [1.165, 1.54) is 18.1 Å². The van der Waals surface area contributed by atoms with E-state index in [-0.39, 0.29) is 0 Å². The number of rotatable bonds is 4. The van der Waals surface area contributed by atoms with Crippen LogP contribution in [-0.4, -0.2) is 34.1 Å². The molecule has 0 spiro atoms. The number of nitrogens with one attached hydrogen (secondary N) is 1. The number of aromatic nitrogens is 4. The van der Waals surface area contributed by atoms with E-state index in [1.807, 2.05) is 0 Å². The first kappa shape index (κ1) is 11.6. The minimum atomic E-state index is 0.590. The molecule has 88 valence electrons. The molecule has 0 saturated carbocycles. The van der Waals surface area contributed by atoms with Crippen LogP contribution in [0.4, 0.5) is 5.82 Å². The van der Waals surface area contributed by atoms with E-state index < -0.39 is 0 Å². The molecule has 6 nitrogen and oxygen atoms in total. The third-order valence-corrected chi connectivity index (χ3v) is 2.82. The molecule has 0 bridgehead atoms. The van der Waals surface area contributed by atoms with Crippen molar-refractivity contribution in [2.24, 2.45) is 0 Å². The highest BCUT2D eigenvalue weighted by atomic mass is 32.2. The van der Waals surface area contributed by atoms with Gasteiger partial charge in [-0.15, -0.1) is 0 Å². The SMILES string of the molecule is CNc1ncnc(Sc2ncccn2)c1OC. The molecule has 0 atom stereocenters. The van der Waals surface area contributed by atoms with Crippen LogP contribution in [0.2, 0.25) is 0 Å². The highest BCUT2D eigenvalue weighted by Gasteiger charge is 2.13. The van der Waals surface area contributed by atoms with Gasteiger partial charge in [0.2, 0.25) is 0 Å². The molecule has 17 heavy (non-hydrogen) atoms. The van der Waals surface area contributed by atoms with Crippen molar-refractivity contribution >= 4 is 17.6 Å². The second-order valence-electron chi connectivity index (χ2n) is 2.94. The van der Waals surface area contributed by atoms with Crippen LogP contribution in [-0.2, 0) is 0 Å². The molecule has 0 fully saturated rings. The maximum absolute atomic E-state index is 5.28. The van der Waals surface area contributed by atoms with E-state index >= 15 is 0 Å². The summed E-state index contributed by atoms with van der Waals surface area (Å²) in [5, 5.41) is 4.24. The smallest absolute Gasteiger partial charge is 0.194 e. The van der Waals surface area contributed by atoms with Gasteiger partial charge in [-0.05, 0) is 17.8 Å². The maximum atomic E-state index is 5.28. The van der Waals surface area contributed by atoms with Crippen molar-refractivity contribution in [1.29, 1.82) is 0 Å². The lowest BCUT2D eigenvalue weighted by molar-refractivity contribution is 0.400. The number of ether oxygens (including phenoxy) is 1. The summed E-state index contributed by atoms with van der Waals surface area (Å²) in [6.07, 6.45) is 4.84. The van der Waals surface area contributed by atoms with Gasteiger partial charge in [-0.3, -0.25) is 0 Å². The zero-order valence-corrected chi connectivity index (χ0v) is 10.2. The van der Waals surface area contributed by atoms with Gasteiger partial charge in [0.1, 0.15) is 6.33 Å². The van der Waals surface area contributed by atoms with E-state index in [9.17, 15) is 0 Å². The van der Waals surface area contributed by atoms with E-state index in [4.69, 9.17) is 4.74 Å². The molecule has 7 heteroatoms. The van der Waals surface area contributed by atoms with Crippen LogP contribution in [0.15, 0.2) is 35.0 Å². The number of methoxy groups -OCH3 is 1. The van der Waals surface area contributed by atoms with Crippen molar-refractivity contribution in [3.05, 3.63) is 24.8 Å². The normalized spacial score (nSPS) is 10.0. The van der Waals surface area contributed by atoms with E-state index in [0.717, 1.165) is 0 Å². The molecule has 0 aromatic carbocycles. The van der Waals surface area contributed by atoms with Gasteiger partial charge in [-0.25, -0.2) is 19.9 Å². The molecule has 1 N–H and O–H groups in total. The van der Waals surface area contributed by atoms with Gasteiger partial charge in [0.25, 0.3) is 0 Å². The van der Waals surface area contributed by atoms with Gasteiger partial charge in [-0.1, -0.05) is 0 Å². The van der Waals surface area contributed by atoms with Crippen LogP contribution in [0, 0.1) is 0 Å². The Bertz CT molecular complexity index is 493. The second-order valence-corrected chi connectivity index (χ2v) is 3.90. The van der Waals surface area contributed by atoms with Crippen molar-refractivity contribution in [1.82, 2.24) is 19.9 Å². The lowest BCUT2D eigenvalue weighted by atomic mass is 10.5. The molecular weight excluding hydrogens is 238 g/mol. The molecule has 2 heterocycles. The van der Waals surface area contributed by atoms with Crippen LogP contribution in [0.1, 0.15) is 0 Å². The first-order valence-corrected chi connectivity index (χ1v) is 5.68. The van der Waals surface area contributed by atoms with Gasteiger partial charge >= 0.3 is 0 Å². The quantitative estimate of drug-likeness (QED) is 0.649. The Hall–Kier alpha value is -1.89. The Kier molecular flexibility index (Phi) is 3.71. The van der Waals surface area contributed by atoms with E-state index in [1.54, 1.807) is 32.6 Å². The standard InChI is InChI=1S/C10H11N5OS/c1-11-8-7(16-2)9(15-6-14-8)17-10-12-4-3-5-13-10/h3-6H,1-2H3,(H,11,14,15). The molecule has 0 aliphatic heterocycles. The summed E-state index contributed by atoms with van der Waals surface area (Å²) < 4.78 is 5.28. The van der Waals surface area contributed by atoms with Gasteiger partial charge in [0.15, 0.2) is 21.7 Å². The number of hydrogen-bond donors (Lipinski definition) is 1. The molecule has 0 saturated heterocycles. The molecule has 0 aliphatic carbocycles. The summed E-state index contributed by atoms with van der Waals surface area (Å²) >= 11 is 1.33. The molecule has 0 aliphatic rings. The van der Waals surface area contributed by atoms with Crippen molar-refractivity contribution in [3.8, 4) is 5.75 Å². The Balaban J connectivity index is 2.33. The molecular formula is C10H11N5OS. The van der Waals surface area contributed by atoms with Gasteiger partial charge < -0.3 is 10.1 Å². The van der Waals surface area contributed by atoms with Crippen molar-refractivity contribution in [2.45, 2.75) is 10.2 Å². The van der Waals surface area contributed by atoms with Crippen molar-refractivity contribution < 1.29 is 4.74 Å². The predicted octanol–water partition coefficient (Wildman–Crippen LogP) is 1.47. The highest BCUT2D eigenvalue weighted by Crippen LogP contribution is 2.34. The zero-order chi connectivity index (χ0) is 12.1. The van der Waals surface area contributed by atoms with Crippen LogP contribution >= 0.6 is 11.8 Å². The summed E-state index contributed by atoms with van der Waals surface area (Å²) in [5.74, 6) is 1.23. The first-order chi connectivity index (χ1) is 8.35. The fourth-order valence-corrected chi connectivity index (χ4v) is 1.99. The first-order valence-electron chi connectivity index (χ1n) is 4.86. The predicted molar refractivity (Wildman–Crippen MR) is 64.3 cm³/mol. The Morgan fingerprint density at radius 1 is 1.18 bits per heavy atom. The lowest BCUT2D eigenvalue weighted by Crippen LogP contribution is -2.00. The summed E-state index contributed by atoms with van der Waals surface area (Å²) in [7, 11) is 3.35. The van der Waals surface area contributed by atoms with Gasteiger partial charge in [0, 0.05) is 19.4 Å². The number of nitrogens with zero attached hydrogens (tertiary/aromatic N) is 4. The molecule has 0 radical (unpaired) electrons. The van der Waals surface area contributed by atoms with Gasteiger partial charge in [-0.2, -0.15) is 0 Å². The molecule has 2 aromatic heterocycles. The molecule has 0 amide bonds. The highest BCUT2D eigenvalue weighted by molar-refractivity contribution is 7.99. The van der Waals surface area contributed by atoms with Crippen LogP contribution in [0.3, 0.4) is 0 Å². The monoisotopic (exact) mass is 249 g/mol. The Morgan fingerprint density at radius 2 is 1.94 bits per heavy atom. The average molecular weight is 249 g/mol. The van der Waals surface area contributed by atoms with Crippen molar-refractivity contribution in [2.75, 3.05) is 19.5 Å². The molecule has 2 rings (SSSR count). The minimum absolute atomic E-state index is 0.590. The van der Waals surface area contributed by atoms with Crippen LogP contribution < -0.4 is 10.1 Å². The maximum Gasteiger partial charge on any atom is 0.194 e. The minimum Gasteiger partial charge on any atom is -0.490 e. The zero-order valence-electron chi connectivity index (χ0n) is 9.41. The van der Waals surface area contributed by atoms with E-state index in [2.05, 4.69) is 25.3 Å². The van der Waals surface area contributed by atoms with Crippen LogP contribution in [0.5, 0.6) is 5.75 Å². The fourth-order valence-electron chi connectivity index (χ4n) is 1.22. The lowest BCUT2D eigenvalue weighted by Gasteiger charge is -2.09.